The zero-order valence-corrected chi connectivity index (χ0v) is 13.2. The first-order valence-electron chi connectivity index (χ1n) is 6.65. The first-order valence-corrected chi connectivity index (χ1v) is 8.17. The minimum absolute atomic E-state index is 0.132. The zero-order chi connectivity index (χ0) is 13.2. The van der Waals surface area contributed by atoms with Crippen LogP contribution < -0.4 is 5.32 Å². The number of alkyl halides is 1. The van der Waals surface area contributed by atoms with Crippen molar-refractivity contribution in [1.29, 1.82) is 0 Å². The van der Waals surface area contributed by atoms with E-state index in [1.165, 1.54) is 29.3 Å². The Bertz CT molecular complexity index is 348. The molecule has 0 saturated carbocycles. The van der Waals surface area contributed by atoms with Gasteiger partial charge in [-0.25, -0.2) is 0 Å². The number of unbranched alkanes of at least 4 members (excludes halogenated alkanes) is 4. The molecule has 18 heavy (non-hydrogen) atoms. The molecule has 1 aromatic rings. The quantitative estimate of drug-likeness (QED) is 0.407. The second kappa shape index (κ2) is 9.36. The van der Waals surface area contributed by atoms with E-state index in [1.54, 1.807) is 0 Å². The number of aryl methyl sites for hydroxylation is 1. The fourth-order valence-electron chi connectivity index (χ4n) is 1.77. The first kappa shape index (κ1) is 15.5. The summed E-state index contributed by atoms with van der Waals surface area (Å²) in [6, 6.07) is 7.93. The maximum atomic E-state index is 11.7. The Balaban J connectivity index is 2.12. The van der Waals surface area contributed by atoms with Gasteiger partial charge in [-0.05, 0) is 36.3 Å². The first-order chi connectivity index (χ1) is 8.72. The minimum atomic E-state index is 0.132. The summed E-state index contributed by atoms with van der Waals surface area (Å²) in [5.74, 6) is 0.132. The van der Waals surface area contributed by atoms with Gasteiger partial charge in [0.25, 0.3) is 0 Å². The van der Waals surface area contributed by atoms with E-state index in [1.807, 2.05) is 31.2 Å². The SMILES string of the molecule is Cc1ccc(NC(=O)CCCCCCCI)cc1. The summed E-state index contributed by atoms with van der Waals surface area (Å²) in [5.41, 5.74) is 2.11. The molecule has 0 aliphatic carbocycles. The molecule has 0 aliphatic rings. The molecule has 0 saturated heterocycles. The van der Waals surface area contributed by atoms with E-state index in [4.69, 9.17) is 0 Å². The van der Waals surface area contributed by atoms with E-state index in [-0.39, 0.29) is 5.91 Å². The Morgan fingerprint density at radius 3 is 2.33 bits per heavy atom. The number of nitrogens with one attached hydrogen (secondary N) is 1. The maximum Gasteiger partial charge on any atom is 0.224 e. The standard InChI is InChI=1S/C15H22INO/c1-13-8-10-14(11-9-13)17-15(18)7-5-3-2-4-6-12-16/h8-11H,2-7,12H2,1H3,(H,17,18). The number of anilines is 1. The van der Waals surface area contributed by atoms with Crippen LogP contribution in [0.25, 0.3) is 0 Å². The summed E-state index contributed by atoms with van der Waals surface area (Å²) >= 11 is 2.41. The number of amides is 1. The Hall–Kier alpha value is -0.580. The lowest BCUT2D eigenvalue weighted by Crippen LogP contribution is -2.10. The highest BCUT2D eigenvalue weighted by Crippen LogP contribution is 2.11. The molecule has 0 aliphatic heterocycles. The van der Waals surface area contributed by atoms with Crippen molar-refractivity contribution < 1.29 is 4.79 Å². The molecule has 0 spiro atoms. The van der Waals surface area contributed by atoms with Crippen LogP contribution in [0.3, 0.4) is 0 Å². The maximum absolute atomic E-state index is 11.7. The summed E-state index contributed by atoms with van der Waals surface area (Å²) in [6.07, 6.45) is 6.65. The van der Waals surface area contributed by atoms with Crippen molar-refractivity contribution in [2.75, 3.05) is 9.74 Å². The smallest absolute Gasteiger partial charge is 0.224 e. The third-order valence-corrected chi connectivity index (χ3v) is 3.64. The van der Waals surface area contributed by atoms with Crippen LogP contribution in [0.5, 0.6) is 0 Å². The lowest BCUT2D eigenvalue weighted by molar-refractivity contribution is -0.116. The molecule has 1 amide bonds. The van der Waals surface area contributed by atoms with Gasteiger partial charge in [0.05, 0.1) is 0 Å². The van der Waals surface area contributed by atoms with Crippen LogP contribution in [-0.4, -0.2) is 10.3 Å². The van der Waals surface area contributed by atoms with Crippen molar-refractivity contribution in [3.8, 4) is 0 Å². The van der Waals surface area contributed by atoms with Crippen LogP contribution in [0, 0.1) is 6.92 Å². The van der Waals surface area contributed by atoms with Crippen molar-refractivity contribution in [3.63, 3.8) is 0 Å². The van der Waals surface area contributed by atoms with Crippen molar-refractivity contribution in [3.05, 3.63) is 29.8 Å². The van der Waals surface area contributed by atoms with Gasteiger partial charge < -0.3 is 5.32 Å². The fourth-order valence-corrected chi connectivity index (χ4v) is 2.31. The molecule has 0 atom stereocenters. The molecule has 0 fully saturated rings. The predicted molar refractivity (Wildman–Crippen MR) is 86.4 cm³/mol. The second-order valence-electron chi connectivity index (χ2n) is 4.62. The van der Waals surface area contributed by atoms with E-state index in [0.29, 0.717) is 6.42 Å². The summed E-state index contributed by atoms with van der Waals surface area (Å²) in [6.45, 7) is 2.04. The lowest BCUT2D eigenvalue weighted by Gasteiger charge is -2.05. The number of carbonyl (C=O) groups is 1. The van der Waals surface area contributed by atoms with Gasteiger partial charge in [-0.1, -0.05) is 59.5 Å². The molecule has 0 aromatic heterocycles. The highest BCUT2D eigenvalue weighted by molar-refractivity contribution is 14.1. The van der Waals surface area contributed by atoms with Crippen molar-refractivity contribution in [2.24, 2.45) is 0 Å². The van der Waals surface area contributed by atoms with E-state index < -0.39 is 0 Å². The summed E-state index contributed by atoms with van der Waals surface area (Å²) in [4.78, 5) is 11.7. The predicted octanol–water partition coefficient (Wildman–Crippen LogP) is 4.71. The Labute approximate surface area is 124 Å². The summed E-state index contributed by atoms with van der Waals surface area (Å²) in [5, 5.41) is 2.93. The second-order valence-corrected chi connectivity index (χ2v) is 5.70. The van der Waals surface area contributed by atoms with Crippen LogP contribution in [0.2, 0.25) is 0 Å². The zero-order valence-electron chi connectivity index (χ0n) is 11.0. The molecule has 1 rings (SSSR count). The average molecular weight is 359 g/mol. The Morgan fingerprint density at radius 2 is 1.67 bits per heavy atom. The van der Waals surface area contributed by atoms with E-state index in [2.05, 4.69) is 27.9 Å². The van der Waals surface area contributed by atoms with Gasteiger partial charge in [-0.3, -0.25) is 4.79 Å². The van der Waals surface area contributed by atoms with E-state index >= 15 is 0 Å². The van der Waals surface area contributed by atoms with Gasteiger partial charge in [0.15, 0.2) is 0 Å². The largest absolute Gasteiger partial charge is 0.326 e. The lowest BCUT2D eigenvalue weighted by atomic mass is 10.1. The van der Waals surface area contributed by atoms with Crippen molar-refractivity contribution in [1.82, 2.24) is 0 Å². The molecule has 100 valence electrons. The van der Waals surface area contributed by atoms with E-state index in [9.17, 15) is 4.79 Å². The highest BCUT2D eigenvalue weighted by Gasteiger charge is 2.01. The molecular weight excluding hydrogens is 337 g/mol. The molecule has 0 heterocycles. The van der Waals surface area contributed by atoms with Crippen molar-refractivity contribution in [2.45, 2.75) is 45.4 Å². The van der Waals surface area contributed by atoms with Crippen LogP contribution >= 0.6 is 22.6 Å². The van der Waals surface area contributed by atoms with Crippen LogP contribution in [-0.2, 0) is 4.79 Å². The van der Waals surface area contributed by atoms with Crippen molar-refractivity contribution >= 4 is 34.2 Å². The Morgan fingerprint density at radius 1 is 1.06 bits per heavy atom. The third-order valence-electron chi connectivity index (χ3n) is 2.87. The molecule has 2 nitrogen and oxygen atoms in total. The van der Waals surface area contributed by atoms with Gasteiger partial charge in [-0.15, -0.1) is 0 Å². The molecule has 0 unspecified atom stereocenters. The normalized spacial score (nSPS) is 10.3. The molecule has 0 radical (unpaired) electrons. The third kappa shape index (κ3) is 6.99. The number of halogens is 1. The fraction of sp³-hybridized carbons (Fsp3) is 0.533. The number of carbonyl (C=O) groups excluding carboxylic acids is 1. The van der Waals surface area contributed by atoms with Gasteiger partial charge in [0.1, 0.15) is 0 Å². The number of rotatable bonds is 8. The van der Waals surface area contributed by atoms with Crippen LogP contribution in [0.1, 0.15) is 44.1 Å². The molecule has 1 aromatic carbocycles. The summed E-state index contributed by atoms with van der Waals surface area (Å²) < 4.78 is 1.24. The Kier molecular flexibility index (Phi) is 8.05. The number of benzene rings is 1. The average Bonchev–Trinajstić information content (AvgIpc) is 2.36. The minimum Gasteiger partial charge on any atom is -0.326 e. The van der Waals surface area contributed by atoms with E-state index in [0.717, 1.165) is 18.5 Å². The summed E-state index contributed by atoms with van der Waals surface area (Å²) in [7, 11) is 0. The van der Waals surface area contributed by atoms with Gasteiger partial charge in [0.2, 0.25) is 5.91 Å². The number of hydrogen-bond acceptors (Lipinski definition) is 1. The molecule has 1 N–H and O–H groups in total. The highest BCUT2D eigenvalue weighted by atomic mass is 127. The molecule has 3 heteroatoms. The topological polar surface area (TPSA) is 29.1 Å². The molecular formula is C15H22INO. The monoisotopic (exact) mass is 359 g/mol. The number of hydrogen-bond donors (Lipinski definition) is 1. The molecule has 0 bridgehead atoms. The van der Waals surface area contributed by atoms with Gasteiger partial charge in [-0.2, -0.15) is 0 Å². The van der Waals surface area contributed by atoms with Gasteiger partial charge in [0, 0.05) is 12.1 Å². The van der Waals surface area contributed by atoms with Crippen LogP contribution in [0.15, 0.2) is 24.3 Å². The van der Waals surface area contributed by atoms with Crippen LogP contribution in [0.4, 0.5) is 5.69 Å². The van der Waals surface area contributed by atoms with Gasteiger partial charge >= 0.3 is 0 Å².